The minimum absolute atomic E-state index is 0.0674. The number of amides is 2. The predicted octanol–water partition coefficient (Wildman–Crippen LogP) is 5.07. The molecule has 0 bridgehead atoms. The van der Waals surface area contributed by atoms with Gasteiger partial charge in [-0.3, -0.25) is 9.59 Å². The van der Waals surface area contributed by atoms with E-state index < -0.39 is 21.8 Å². The maximum absolute atomic E-state index is 13.4. The molecule has 0 radical (unpaired) electrons. The molecular weight excluding hydrogens is 563 g/mol. The number of nitrogens with zero attached hydrogens (tertiary/aromatic N) is 2. The summed E-state index contributed by atoms with van der Waals surface area (Å²) in [5.41, 5.74) is 3.26. The highest BCUT2D eigenvalue weighted by atomic mass is 35.5. The third-order valence-electron chi connectivity index (χ3n) is 5.31. The Morgan fingerprint density at radius 1 is 0.846 bits per heavy atom. The van der Waals surface area contributed by atoms with Crippen molar-refractivity contribution in [3.8, 4) is 0 Å². The Bertz CT molecular complexity index is 1590. The average molecular weight is 585 g/mol. The van der Waals surface area contributed by atoms with Crippen LogP contribution >= 0.6 is 23.2 Å². The molecule has 0 fully saturated rings. The van der Waals surface area contributed by atoms with Crippen LogP contribution in [0.1, 0.15) is 17.1 Å². The summed E-state index contributed by atoms with van der Waals surface area (Å²) in [6.45, 7) is 0.0375. The van der Waals surface area contributed by atoms with Crippen LogP contribution in [0.25, 0.3) is 0 Å². The number of carbonyl (C=O) groups excluding carboxylic acids is 2. The van der Waals surface area contributed by atoms with E-state index >= 15 is 0 Å². The fourth-order valence-electron chi connectivity index (χ4n) is 3.45. The molecule has 0 atom stereocenters. The number of hydrogen-bond acceptors (Lipinski definition) is 6. The minimum atomic E-state index is -3.90. The first-order chi connectivity index (χ1) is 18.7. The quantitative estimate of drug-likeness (QED) is 0.162. The number of hydrogen-bond donors (Lipinski definition) is 2. The van der Waals surface area contributed by atoms with Crippen LogP contribution in [0.5, 0.6) is 0 Å². The van der Waals surface area contributed by atoms with Gasteiger partial charge in [0.1, 0.15) is 11.5 Å². The molecule has 0 spiro atoms. The number of sulfonamides is 1. The molecule has 0 aliphatic rings. The summed E-state index contributed by atoms with van der Waals surface area (Å²) >= 11 is 11.8. The van der Waals surface area contributed by atoms with E-state index in [9.17, 15) is 18.0 Å². The van der Waals surface area contributed by atoms with Crippen molar-refractivity contribution in [2.24, 2.45) is 5.10 Å². The lowest BCUT2D eigenvalue weighted by Gasteiger charge is -2.21. The van der Waals surface area contributed by atoms with Crippen LogP contribution in [0, 0.1) is 0 Å². The topological polar surface area (TPSA) is 121 Å². The molecule has 200 valence electrons. The highest BCUT2D eigenvalue weighted by Gasteiger charge is 2.26. The van der Waals surface area contributed by atoms with Gasteiger partial charge < -0.3 is 9.73 Å². The van der Waals surface area contributed by atoms with E-state index in [2.05, 4.69) is 15.8 Å². The van der Waals surface area contributed by atoms with Crippen LogP contribution < -0.4 is 10.7 Å². The van der Waals surface area contributed by atoms with Crippen LogP contribution in [0.15, 0.2) is 105 Å². The molecular formula is C27H22Cl2N4O5S. The van der Waals surface area contributed by atoms with Gasteiger partial charge in [0.2, 0.25) is 10.0 Å². The molecule has 0 aliphatic heterocycles. The Hall–Kier alpha value is -3.96. The maximum atomic E-state index is 13.4. The summed E-state index contributed by atoms with van der Waals surface area (Å²) in [7, 11) is -3.90. The van der Waals surface area contributed by atoms with Crippen molar-refractivity contribution in [1.82, 2.24) is 9.73 Å². The zero-order chi connectivity index (χ0) is 27.8. The van der Waals surface area contributed by atoms with Gasteiger partial charge >= 0.3 is 11.8 Å². The Labute approximate surface area is 235 Å². The van der Waals surface area contributed by atoms with Gasteiger partial charge in [0.25, 0.3) is 0 Å². The molecule has 0 saturated heterocycles. The lowest BCUT2D eigenvalue weighted by Crippen LogP contribution is -2.32. The summed E-state index contributed by atoms with van der Waals surface area (Å²) in [5, 5.41) is 6.97. The summed E-state index contributed by atoms with van der Waals surface area (Å²) in [6.07, 6.45) is 1.20. The number of anilines is 1. The van der Waals surface area contributed by atoms with E-state index in [0.29, 0.717) is 21.5 Å². The van der Waals surface area contributed by atoms with Crippen molar-refractivity contribution in [2.75, 3.05) is 5.32 Å². The number of carbonyl (C=O) groups is 2. The van der Waals surface area contributed by atoms with E-state index in [0.717, 1.165) is 5.56 Å². The van der Waals surface area contributed by atoms with Crippen molar-refractivity contribution in [1.29, 1.82) is 0 Å². The van der Waals surface area contributed by atoms with Crippen molar-refractivity contribution in [3.05, 3.63) is 118 Å². The number of benzene rings is 3. The van der Waals surface area contributed by atoms with E-state index in [-0.39, 0.29) is 23.7 Å². The molecule has 2 N–H and O–H groups in total. The molecule has 1 heterocycles. The molecule has 12 heteroatoms. The molecule has 1 aromatic heterocycles. The maximum Gasteiger partial charge on any atom is 0.329 e. The predicted molar refractivity (Wildman–Crippen MR) is 149 cm³/mol. The Balaban J connectivity index is 1.43. The summed E-state index contributed by atoms with van der Waals surface area (Å²) < 4.78 is 33.9. The molecule has 39 heavy (non-hydrogen) atoms. The third kappa shape index (κ3) is 7.78. The minimum Gasteiger partial charge on any atom is -0.459 e. The standard InChI is InChI=1S/C27H22Cl2N4O5S/c28-20-9-13-25(14-10-20)39(36,37)33(17-19-5-2-1-3-6-19)18-24-12-11-23(38-24)16-30-32-27(35)26(34)31-22-8-4-7-21(29)15-22/h1-16H,17-18H2,(H,31,34)(H,32,35)/b30-16+. The first-order valence-electron chi connectivity index (χ1n) is 11.5. The fraction of sp³-hybridized carbons (Fsp3) is 0.0741. The molecule has 3 aromatic carbocycles. The molecule has 2 amide bonds. The van der Waals surface area contributed by atoms with Gasteiger partial charge in [-0.25, -0.2) is 13.8 Å². The second-order valence-electron chi connectivity index (χ2n) is 8.18. The van der Waals surface area contributed by atoms with E-state index in [1.165, 1.54) is 40.9 Å². The zero-order valence-electron chi connectivity index (χ0n) is 20.3. The second kappa shape index (κ2) is 12.7. The lowest BCUT2D eigenvalue weighted by molar-refractivity contribution is -0.136. The highest BCUT2D eigenvalue weighted by molar-refractivity contribution is 7.89. The van der Waals surface area contributed by atoms with Crippen molar-refractivity contribution >= 4 is 56.9 Å². The van der Waals surface area contributed by atoms with Crippen LogP contribution in [0.3, 0.4) is 0 Å². The van der Waals surface area contributed by atoms with Gasteiger partial charge in [-0.15, -0.1) is 0 Å². The van der Waals surface area contributed by atoms with Crippen molar-refractivity contribution in [2.45, 2.75) is 18.0 Å². The third-order valence-corrected chi connectivity index (χ3v) is 7.61. The van der Waals surface area contributed by atoms with Crippen LogP contribution in [-0.2, 0) is 32.7 Å². The number of hydrazone groups is 1. The fourth-order valence-corrected chi connectivity index (χ4v) is 5.16. The normalized spacial score (nSPS) is 11.6. The molecule has 9 nitrogen and oxygen atoms in total. The Morgan fingerprint density at radius 3 is 2.31 bits per heavy atom. The second-order valence-corrected chi connectivity index (χ2v) is 11.0. The first kappa shape index (κ1) is 28.1. The van der Waals surface area contributed by atoms with Gasteiger partial charge in [-0.2, -0.15) is 9.41 Å². The monoisotopic (exact) mass is 584 g/mol. The summed E-state index contributed by atoms with van der Waals surface area (Å²) in [5.74, 6) is -1.35. The lowest BCUT2D eigenvalue weighted by atomic mass is 10.2. The molecule has 4 aromatic rings. The summed E-state index contributed by atoms with van der Waals surface area (Å²) in [4.78, 5) is 24.2. The Kier molecular flexibility index (Phi) is 9.15. The first-order valence-corrected chi connectivity index (χ1v) is 13.7. The number of furan rings is 1. The van der Waals surface area contributed by atoms with Gasteiger partial charge in [-0.05, 0) is 60.2 Å². The number of nitrogens with one attached hydrogen (secondary N) is 2. The van der Waals surface area contributed by atoms with Gasteiger partial charge in [0.05, 0.1) is 17.7 Å². The highest BCUT2D eigenvalue weighted by Crippen LogP contribution is 2.23. The van der Waals surface area contributed by atoms with Crippen molar-refractivity contribution < 1.29 is 22.4 Å². The van der Waals surface area contributed by atoms with Crippen LogP contribution in [0.4, 0.5) is 5.69 Å². The smallest absolute Gasteiger partial charge is 0.329 e. The summed E-state index contributed by atoms with van der Waals surface area (Å²) in [6, 6.07) is 24.6. The van der Waals surface area contributed by atoms with E-state index in [1.54, 1.807) is 30.3 Å². The zero-order valence-corrected chi connectivity index (χ0v) is 22.6. The van der Waals surface area contributed by atoms with Crippen LogP contribution in [0.2, 0.25) is 10.0 Å². The SMILES string of the molecule is O=C(N/N=C/c1ccc(CN(Cc2ccccc2)S(=O)(=O)c2ccc(Cl)cc2)o1)C(=O)Nc1cccc(Cl)c1. The van der Waals surface area contributed by atoms with Gasteiger partial charge in [0.15, 0.2) is 0 Å². The number of rotatable bonds is 9. The van der Waals surface area contributed by atoms with Crippen LogP contribution in [-0.4, -0.2) is 30.8 Å². The largest absolute Gasteiger partial charge is 0.459 e. The van der Waals surface area contributed by atoms with Gasteiger partial charge in [0, 0.05) is 22.3 Å². The number of halogens is 2. The molecule has 0 aliphatic carbocycles. The van der Waals surface area contributed by atoms with E-state index in [1.807, 2.05) is 30.3 Å². The average Bonchev–Trinajstić information content (AvgIpc) is 3.36. The Morgan fingerprint density at radius 2 is 1.59 bits per heavy atom. The molecule has 0 saturated carbocycles. The van der Waals surface area contributed by atoms with Gasteiger partial charge in [-0.1, -0.05) is 59.6 Å². The van der Waals surface area contributed by atoms with Crippen molar-refractivity contribution in [3.63, 3.8) is 0 Å². The molecule has 0 unspecified atom stereocenters. The molecule has 4 rings (SSSR count). The van der Waals surface area contributed by atoms with E-state index in [4.69, 9.17) is 27.6 Å².